The second-order valence-electron chi connectivity index (χ2n) is 5.78. The first-order valence-electron chi connectivity index (χ1n) is 7.19. The van der Waals surface area contributed by atoms with Crippen LogP contribution in [-0.4, -0.2) is 22.2 Å². The molecule has 1 aliphatic carbocycles. The highest BCUT2D eigenvalue weighted by molar-refractivity contribution is 6.31. The third-order valence-electron chi connectivity index (χ3n) is 4.20. The Morgan fingerprint density at radius 2 is 2.08 bits per heavy atom. The van der Waals surface area contributed by atoms with Gasteiger partial charge in [0.05, 0.1) is 5.56 Å². The highest BCUT2D eigenvalue weighted by Crippen LogP contribution is 2.58. The first kappa shape index (κ1) is 16.0. The van der Waals surface area contributed by atoms with Crippen LogP contribution in [0.15, 0.2) is 30.5 Å². The standard InChI is InChI=1S/C16H9ClF3NO4/c17-9-3-6(16(18,19)20)5-21-14(9)24-7-1-2-8-10(4-7)25-13-11(8)12(13)15(22)23/h1-5,11-13H,(H,22,23). The fourth-order valence-electron chi connectivity index (χ4n) is 2.96. The fourth-order valence-corrected chi connectivity index (χ4v) is 3.17. The number of nitrogens with zero attached hydrogens (tertiary/aromatic N) is 1. The lowest BCUT2D eigenvalue weighted by Gasteiger charge is -2.11. The zero-order valence-corrected chi connectivity index (χ0v) is 13.0. The number of pyridine rings is 1. The Morgan fingerprint density at radius 3 is 2.72 bits per heavy atom. The quantitative estimate of drug-likeness (QED) is 0.879. The molecular weight excluding hydrogens is 363 g/mol. The topological polar surface area (TPSA) is 68.7 Å². The summed E-state index contributed by atoms with van der Waals surface area (Å²) in [5.41, 5.74) is -0.196. The minimum atomic E-state index is -4.54. The minimum absolute atomic E-state index is 0.166. The number of carbonyl (C=O) groups is 1. The van der Waals surface area contributed by atoms with Crippen molar-refractivity contribution in [1.82, 2.24) is 4.98 Å². The Balaban J connectivity index is 1.55. The molecule has 0 bridgehead atoms. The number of hydrogen-bond donors (Lipinski definition) is 1. The summed E-state index contributed by atoms with van der Waals surface area (Å²) in [7, 11) is 0. The van der Waals surface area contributed by atoms with Crippen molar-refractivity contribution < 1.29 is 32.5 Å². The van der Waals surface area contributed by atoms with Crippen molar-refractivity contribution in [2.75, 3.05) is 0 Å². The molecule has 2 heterocycles. The van der Waals surface area contributed by atoms with Crippen LogP contribution < -0.4 is 9.47 Å². The maximum atomic E-state index is 12.6. The average Bonchev–Trinajstić information content (AvgIpc) is 3.12. The van der Waals surface area contributed by atoms with Crippen molar-refractivity contribution in [2.24, 2.45) is 5.92 Å². The predicted molar refractivity (Wildman–Crippen MR) is 79.0 cm³/mol. The summed E-state index contributed by atoms with van der Waals surface area (Å²) in [5.74, 6) is -1.00. The molecule has 1 fully saturated rings. The molecule has 0 amide bonds. The molecule has 3 atom stereocenters. The summed E-state index contributed by atoms with van der Waals surface area (Å²) in [6, 6.07) is 5.52. The zero-order valence-electron chi connectivity index (χ0n) is 12.2. The molecule has 0 radical (unpaired) electrons. The van der Waals surface area contributed by atoms with Crippen molar-refractivity contribution in [3.63, 3.8) is 0 Å². The number of fused-ring (bicyclic) bond motifs is 3. The van der Waals surface area contributed by atoms with Gasteiger partial charge in [0.25, 0.3) is 0 Å². The van der Waals surface area contributed by atoms with E-state index in [-0.39, 0.29) is 28.7 Å². The maximum absolute atomic E-state index is 12.6. The monoisotopic (exact) mass is 371 g/mol. The van der Waals surface area contributed by atoms with Gasteiger partial charge in [-0.2, -0.15) is 13.2 Å². The highest BCUT2D eigenvalue weighted by atomic mass is 35.5. The van der Waals surface area contributed by atoms with Gasteiger partial charge < -0.3 is 14.6 Å². The molecule has 25 heavy (non-hydrogen) atoms. The third-order valence-corrected chi connectivity index (χ3v) is 4.47. The molecule has 2 aliphatic rings. The smallest absolute Gasteiger partial charge is 0.417 e. The van der Waals surface area contributed by atoms with Gasteiger partial charge in [-0.15, -0.1) is 0 Å². The molecule has 1 aliphatic heterocycles. The maximum Gasteiger partial charge on any atom is 0.417 e. The van der Waals surface area contributed by atoms with Gasteiger partial charge in [-0.05, 0) is 12.1 Å². The van der Waals surface area contributed by atoms with Crippen molar-refractivity contribution in [3.8, 4) is 17.4 Å². The second-order valence-corrected chi connectivity index (χ2v) is 6.19. The lowest BCUT2D eigenvalue weighted by molar-refractivity contribution is -0.139. The van der Waals surface area contributed by atoms with Gasteiger partial charge in [0, 0.05) is 23.7 Å². The SMILES string of the molecule is O=C(O)C1C2Oc3cc(Oc4ncc(C(F)(F)F)cc4Cl)ccc3C21. The van der Waals surface area contributed by atoms with E-state index in [1.165, 1.54) is 6.07 Å². The van der Waals surface area contributed by atoms with Gasteiger partial charge in [-0.3, -0.25) is 4.79 Å². The number of halogens is 4. The molecular formula is C16H9ClF3NO4. The van der Waals surface area contributed by atoms with Crippen LogP contribution in [0, 0.1) is 5.92 Å². The first-order valence-corrected chi connectivity index (χ1v) is 7.57. The van der Waals surface area contributed by atoms with Crippen LogP contribution in [0.5, 0.6) is 17.4 Å². The van der Waals surface area contributed by atoms with Crippen LogP contribution in [-0.2, 0) is 11.0 Å². The predicted octanol–water partition coefficient (Wildman–Crippen LogP) is 4.11. The zero-order chi connectivity index (χ0) is 17.9. The number of ether oxygens (including phenoxy) is 2. The van der Waals surface area contributed by atoms with Crippen LogP contribution in [0.3, 0.4) is 0 Å². The van der Waals surface area contributed by atoms with E-state index >= 15 is 0 Å². The van der Waals surface area contributed by atoms with E-state index in [0.717, 1.165) is 11.6 Å². The summed E-state index contributed by atoms with van der Waals surface area (Å²) in [4.78, 5) is 14.6. The minimum Gasteiger partial charge on any atom is -0.488 e. The van der Waals surface area contributed by atoms with Gasteiger partial charge in [0.1, 0.15) is 28.5 Å². The molecule has 9 heteroatoms. The van der Waals surface area contributed by atoms with E-state index in [1.807, 2.05) is 0 Å². The summed E-state index contributed by atoms with van der Waals surface area (Å²) in [6.07, 6.45) is -4.29. The van der Waals surface area contributed by atoms with Crippen molar-refractivity contribution in [2.45, 2.75) is 18.2 Å². The number of carboxylic acid groups (broad SMARTS) is 1. The Labute approximate surface area is 144 Å². The van der Waals surface area contributed by atoms with Gasteiger partial charge in [0.2, 0.25) is 5.88 Å². The number of aromatic nitrogens is 1. The van der Waals surface area contributed by atoms with E-state index in [0.29, 0.717) is 11.9 Å². The summed E-state index contributed by atoms with van der Waals surface area (Å²) in [5, 5.41) is 8.76. The van der Waals surface area contributed by atoms with Gasteiger partial charge >= 0.3 is 12.1 Å². The largest absolute Gasteiger partial charge is 0.488 e. The molecule has 1 aromatic carbocycles. The lowest BCUT2D eigenvalue weighted by Crippen LogP contribution is -2.08. The normalized spacial score (nSPS) is 23.4. The van der Waals surface area contributed by atoms with Crippen LogP contribution in [0.25, 0.3) is 0 Å². The summed E-state index contributed by atoms with van der Waals surface area (Å²) in [6.45, 7) is 0. The molecule has 5 nitrogen and oxygen atoms in total. The van der Waals surface area contributed by atoms with Gasteiger partial charge in [-0.1, -0.05) is 17.7 Å². The Hall–Kier alpha value is -2.48. The van der Waals surface area contributed by atoms with E-state index < -0.39 is 23.6 Å². The number of rotatable bonds is 3. The summed E-state index contributed by atoms with van der Waals surface area (Å²) < 4.78 is 48.8. The lowest BCUT2D eigenvalue weighted by atomic mass is 10.1. The van der Waals surface area contributed by atoms with E-state index in [2.05, 4.69) is 4.98 Å². The molecule has 130 valence electrons. The number of hydrogen-bond acceptors (Lipinski definition) is 4. The number of alkyl halides is 3. The Kier molecular flexibility index (Phi) is 3.37. The van der Waals surface area contributed by atoms with Crippen LogP contribution in [0.1, 0.15) is 17.0 Å². The molecule has 0 spiro atoms. The number of carboxylic acids is 1. The van der Waals surface area contributed by atoms with E-state index in [1.54, 1.807) is 12.1 Å². The van der Waals surface area contributed by atoms with Crippen LogP contribution in [0.4, 0.5) is 13.2 Å². The van der Waals surface area contributed by atoms with Gasteiger partial charge in [-0.25, -0.2) is 4.98 Å². The second kappa shape index (κ2) is 5.26. The Bertz CT molecular complexity index is 886. The molecule has 4 rings (SSSR count). The molecule has 3 unspecified atom stereocenters. The van der Waals surface area contributed by atoms with E-state index in [9.17, 15) is 18.0 Å². The third kappa shape index (κ3) is 2.66. The van der Waals surface area contributed by atoms with Crippen LogP contribution in [0.2, 0.25) is 5.02 Å². The van der Waals surface area contributed by atoms with E-state index in [4.69, 9.17) is 26.2 Å². The summed E-state index contributed by atoms with van der Waals surface area (Å²) >= 11 is 5.80. The first-order chi connectivity index (χ1) is 11.8. The van der Waals surface area contributed by atoms with Crippen LogP contribution >= 0.6 is 11.6 Å². The van der Waals surface area contributed by atoms with Crippen molar-refractivity contribution >= 4 is 17.6 Å². The molecule has 1 saturated carbocycles. The van der Waals surface area contributed by atoms with Gasteiger partial charge in [0.15, 0.2) is 0 Å². The van der Waals surface area contributed by atoms with Crippen molar-refractivity contribution in [1.29, 1.82) is 0 Å². The Morgan fingerprint density at radius 1 is 1.32 bits per heavy atom. The van der Waals surface area contributed by atoms with Crippen molar-refractivity contribution in [3.05, 3.63) is 46.6 Å². The molecule has 1 aromatic heterocycles. The molecule has 1 N–H and O–H groups in total. The number of aliphatic carboxylic acids is 1. The highest BCUT2D eigenvalue weighted by Gasteiger charge is 2.63. The molecule has 0 saturated heterocycles. The number of benzene rings is 1. The average molecular weight is 372 g/mol. The fraction of sp³-hybridized carbons (Fsp3) is 0.250. The molecule has 2 aromatic rings.